The van der Waals surface area contributed by atoms with Gasteiger partial charge < -0.3 is 21.4 Å². The maximum absolute atomic E-state index is 13.4. The molecule has 1 amide bonds. The second kappa shape index (κ2) is 7.65. The molecule has 0 spiro atoms. The fraction of sp³-hybridized carbons (Fsp3) is 0.0909. The van der Waals surface area contributed by atoms with E-state index in [-0.39, 0.29) is 17.5 Å². The molecule has 0 aliphatic heterocycles. The number of hydrogen-bond acceptors (Lipinski definition) is 6. The SMILES string of the molecule is CCNC(=O)c1cn2ncnc(N)c2c1-c1ccc(Nc2nc3ccc(F)cc3[nH]2)cc1. The smallest absolute Gasteiger partial charge is 0.253 e. The van der Waals surface area contributed by atoms with E-state index in [9.17, 15) is 9.18 Å². The molecule has 3 heterocycles. The van der Waals surface area contributed by atoms with Crippen molar-refractivity contribution in [2.45, 2.75) is 6.92 Å². The van der Waals surface area contributed by atoms with Crippen molar-refractivity contribution in [2.75, 3.05) is 17.6 Å². The van der Waals surface area contributed by atoms with Gasteiger partial charge in [-0.3, -0.25) is 4.79 Å². The van der Waals surface area contributed by atoms with Crippen LogP contribution in [0.4, 0.5) is 21.8 Å². The third kappa shape index (κ3) is 3.37. The van der Waals surface area contributed by atoms with Gasteiger partial charge in [-0.25, -0.2) is 18.9 Å². The van der Waals surface area contributed by atoms with Crippen molar-refractivity contribution in [1.29, 1.82) is 0 Å². The first-order valence-corrected chi connectivity index (χ1v) is 9.96. The fourth-order valence-electron chi connectivity index (χ4n) is 3.65. The third-order valence-corrected chi connectivity index (χ3v) is 5.06. The molecule has 160 valence electrons. The van der Waals surface area contributed by atoms with E-state index in [0.717, 1.165) is 11.3 Å². The molecule has 0 bridgehead atoms. The Hall–Kier alpha value is -4.47. The summed E-state index contributed by atoms with van der Waals surface area (Å²) in [5.41, 5.74) is 10.6. The van der Waals surface area contributed by atoms with E-state index < -0.39 is 0 Å². The van der Waals surface area contributed by atoms with Gasteiger partial charge in [0.05, 0.1) is 16.6 Å². The molecule has 0 fully saturated rings. The summed E-state index contributed by atoms with van der Waals surface area (Å²) in [6.07, 6.45) is 2.99. The highest BCUT2D eigenvalue weighted by atomic mass is 19.1. The molecular weight excluding hydrogens is 411 g/mol. The Morgan fingerprint density at radius 1 is 1.22 bits per heavy atom. The molecule has 0 unspecified atom stereocenters. The van der Waals surface area contributed by atoms with E-state index in [1.807, 2.05) is 31.2 Å². The Kier molecular flexibility index (Phi) is 4.66. The summed E-state index contributed by atoms with van der Waals surface area (Å²) < 4.78 is 15.0. The third-order valence-electron chi connectivity index (χ3n) is 5.06. The van der Waals surface area contributed by atoms with E-state index in [1.54, 1.807) is 16.8 Å². The summed E-state index contributed by atoms with van der Waals surface area (Å²) in [6.45, 7) is 2.35. The standard InChI is InChI=1S/C22H19FN8O/c1-2-25-21(32)15-10-31-19(20(24)26-11-27-31)18(15)12-3-6-14(7-4-12)28-22-29-16-8-5-13(23)9-17(16)30-22/h3-11H,2H2,1H3,(H,25,32)(H2,24,26,27)(H2,28,29,30). The van der Waals surface area contributed by atoms with Crippen LogP contribution in [0, 0.1) is 5.82 Å². The van der Waals surface area contributed by atoms with Crippen LogP contribution in [0.25, 0.3) is 27.7 Å². The lowest BCUT2D eigenvalue weighted by Crippen LogP contribution is -2.22. The Morgan fingerprint density at radius 2 is 2.03 bits per heavy atom. The van der Waals surface area contributed by atoms with Gasteiger partial charge in [-0.2, -0.15) is 5.10 Å². The summed E-state index contributed by atoms with van der Waals surface area (Å²) >= 11 is 0. The number of hydrogen-bond donors (Lipinski definition) is 4. The number of carbonyl (C=O) groups excluding carboxylic acids is 1. The van der Waals surface area contributed by atoms with Crippen molar-refractivity contribution in [2.24, 2.45) is 0 Å². The van der Waals surface area contributed by atoms with Gasteiger partial charge in [0, 0.05) is 24.0 Å². The lowest BCUT2D eigenvalue weighted by atomic mass is 10.0. The van der Waals surface area contributed by atoms with Crippen LogP contribution in [-0.2, 0) is 0 Å². The van der Waals surface area contributed by atoms with Crippen LogP contribution in [0.5, 0.6) is 0 Å². The molecule has 9 nitrogen and oxygen atoms in total. The molecule has 32 heavy (non-hydrogen) atoms. The molecule has 0 aliphatic carbocycles. The molecule has 0 saturated heterocycles. The van der Waals surface area contributed by atoms with Crippen LogP contribution in [0.2, 0.25) is 0 Å². The van der Waals surface area contributed by atoms with E-state index in [0.29, 0.717) is 40.2 Å². The molecule has 0 radical (unpaired) electrons. The highest BCUT2D eigenvalue weighted by Gasteiger charge is 2.21. The molecule has 10 heteroatoms. The predicted molar refractivity (Wildman–Crippen MR) is 120 cm³/mol. The first kappa shape index (κ1) is 19.5. The number of carbonyl (C=O) groups is 1. The maximum Gasteiger partial charge on any atom is 0.253 e. The van der Waals surface area contributed by atoms with Crippen molar-refractivity contribution in [3.63, 3.8) is 0 Å². The summed E-state index contributed by atoms with van der Waals surface area (Å²) in [4.78, 5) is 24.2. The van der Waals surface area contributed by atoms with E-state index in [2.05, 4.69) is 30.7 Å². The van der Waals surface area contributed by atoms with Crippen molar-refractivity contribution < 1.29 is 9.18 Å². The van der Waals surface area contributed by atoms with Gasteiger partial charge in [0.25, 0.3) is 5.91 Å². The lowest BCUT2D eigenvalue weighted by Gasteiger charge is -2.08. The minimum absolute atomic E-state index is 0.218. The fourth-order valence-corrected chi connectivity index (χ4v) is 3.65. The van der Waals surface area contributed by atoms with Crippen LogP contribution >= 0.6 is 0 Å². The van der Waals surface area contributed by atoms with Gasteiger partial charge in [-0.15, -0.1) is 0 Å². The highest BCUT2D eigenvalue weighted by Crippen LogP contribution is 2.33. The molecule has 0 atom stereocenters. The zero-order valence-corrected chi connectivity index (χ0v) is 17.1. The number of aromatic amines is 1. The van der Waals surface area contributed by atoms with E-state index >= 15 is 0 Å². The molecule has 0 aliphatic rings. The molecule has 3 aromatic heterocycles. The minimum Gasteiger partial charge on any atom is -0.382 e. The second-order valence-electron chi connectivity index (χ2n) is 7.16. The molecular formula is C22H19FN8O. The van der Waals surface area contributed by atoms with Crippen molar-refractivity contribution in [1.82, 2.24) is 29.9 Å². The van der Waals surface area contributed by atoms with Crippen LogP contribution in [-0.4, -0.2) is 37.0 Å². The zero-order chi connectivity index (χ0) is 22.2. The van der Waals surface area contributed by atoms with Gasteiger partial charge in [-0.05, 0) is 42.8 Å². The number of halogens is 1. The first-order chi connectivity index (χ1) is 15.5. The van der Waals surface area contributed by atoms with Crippen molar-refractivity contribution >= 4 is 39.9 Å². The van der Waals surface area contributed by atoms with Gasteiger partial charge >= 0.3 is 0 Å². The Labute approximate surface area is 181 Å². The van der Waals surface area contributed by atoms with E-state index in [4.69, 9.17) is 5.73 Å². The number of nitrogens with two attached hydrogens (primary N) is 1. The molecule has 5 N–H and O–H groups in total. The van der Waals surface area contributed by atoms with E-state index in [1.165, 1.54) is 18.5 Å². The highest BCUT2D eigenvalue weighted by molar-refractivity contribution is 6.07. The molecule has 5 rings (SSSR count). The molecule has 5 aromatic rings. The molecule has 0 saturated carbocycles. The van der Waals surface area contributed by atoms with Crippen LogP contribution < -0.4 is 16.4 Å². The number of H-pyrrole nitrogens is 1. The Bertz CT molecular complexity index is 1450. The number of imidazole rings is 1. The monoisotopic (exact) mass is 430 g/mol. The van der Waals surface area contributed by atoms with Crippen molar-refractivity contribution in [3.05, 3.63) is 66.4 Å². The average molecular weight is 430 g/mol. The Balaban J connectivity index is 1.51. The average Bonchev–Trinajstić information content (AvgIpc) is 3.36. The normalized spacial score (nSPS) is 11.2. The number of anilines is 3. The largest absolute Gasteiger partial charge is 0.382 e. The topological polar surface area (TPSA) is 126 Å². The van der Waals surface area contributed by atoms with Crippen LogP contribution in [0.3, 0.4) is 0 Å². The lowest BCUT2D eigenvalue weighted by molar-refractivity contribution is 0.0956. The van der Waals surface area contributed by atoms with Gasteiger partial charge in [-0.1, -0.05) is 12.1 Å². The number of nitrogens with zero attached hydrogens (tertiary/aromatic N) is 4. The number of amides is 1. The van der Waals surface area contributed by atoms with Crippen LogP contribution in [0.15, 0.2) is 55.0 Å². The minimum atomic E-state index is -0.331. The number of nitrogen functional groups attached to an aromatic ring is 1. The second-order valence-corrected chi connectivity index (χ2v) is 7.16. The summed E-state index contributed by atoms with van der Waals surface area (Å²) in [6, 6.07) is 11.8. The van der Waals surface area contributed by atoms with Crippen LogP contribution in [0.1, 0.15) is 17.3 Å². The summed E-state index contributed by atoms with van der Waals surface area (Å²) in [7, 11) is 0. The zero-order valence-electron chi connectivity index (χ0n) is 17.1. The van der Waals surface area contributed by atoms with Crippen molar-refractivity contribution in [3.8, 4) is 11.1 Å². The van der Waals surface area contributed by atoms with Gasteiger partial charge in [0.15, 0.2) is 5.82 Å². The number of aromatic nitrogens is 5. The number of fused-ring (bicyclic) bond motifs is 2. The maximum atomic E-state index is 13.4. The first-order valence-electron chi connectivity index (χ1n) is 9.96. The Morgan fingerprint density at radius 3 is 2.81 bits per heavy atom. The number of benzene rings is 2. The number of rotatable bonds is 5. The number of nitrogens with one attached hydrogen (secondary N) is 3. The van der Waals surface area contributed by atoms with Gasteiger partial charge in [0.1, 0.15) is 17.7 Å². The molecule has 2 aromatic carbocycles. The summed E-state index contributed by atoms with van der Waals surface area (Å²) in [5, 5.41) is 10.2. The summed E-state index contributed by atoms with van der Waals surface area (Å²) in [5.74, 6) is 0.225. The predicted octanol–water partition coefficient (Wildman–Crippen LogP) is 3.49. The van der Waals surface area contributed by atoms with Gasteiger partial charge in [0.2, 0.25) is 5.95 Å². The quantitative estimate of drug-likeness (QED) is 0.338.